The summed E-state index contributed by atoms with van der Waals surface area (Å²) in [7, 11) is 0. The van der Waals surface area contributed by atoms with Crippen LogP contribution in [-0.4, -0.2) is 46.9 Å². The van der Waals surface area contributed by atoms with E-state index in [4.69, 9.17) is 4.74 Å². The normalized spacial score (nSPS) is 13.4. The molecule has 376 valence electrons. The third-order valence-corrected chi connectivity index (χ3v) is 13.0. The highest BCUT2D eigenvalue weighted by Gasteiger charge is 2.24. The van der Waals surface area contributed by atoms with Crippen LogP contribution in [0.1, 0.15) is 297 Å². The Hall–Kier alpha value is -1.92. The monoisotopic (exact) mass is 900 g/mol. The fourth-order valence-corrected chi connectivity index (χ4v) is 8.73. The predicted octanol–water partition coefficient (Wildman–Crippen LogP) is 17.2. The van der Waals surface area contributed by atoms with E-state index in [0.717, 1.165) is 70.6 Å². The largest absolute Gasteiger partial charge is 0.462 e. The van der Waals surface area contributed by atoms with Crippen LogP contribution in [0, 0.1) is 0 Å². The SMILES string of the molecule is CCCCCCC/C=C/C=C/C=C/CCCCCC(CC(=O)NC(CO)C(O)CCCCCCCCCCCCCCCCCCC)OC(=O)CCCCCCCCCCCCCC. The van der Waals surface area contributed by atoms with E-state index in [-0.39, 0.29) is 24.9 Å². The summed E-state index contributed by atoms with van der Waals surface area (Å²) in [4.78, 5) is 26.2. The maximum Gasteiger partial charge on any atom is 0.306 e. The van der Waals surface area contributed by atoms with Crippen LogP contribution >= 0.6 is 0 Å². The van der Waals surface area contributed by atoms with Gasteiger partial charge in [-0.15, -0.1) is 0 Å². The molecule has 0 aliphatic heterocycles. The number of aliphatic hydroxyl groups is 2. The van der Waals surface area contributed by atoms with Crippen molar-refractivity contribution in [3.05, 3.63) is 36.5 Å². The van der Waals surface area contributed by atoms with Gasteiger partial charge in [0.15, 0.2) is 0 Å². The van der Waals surface area contributed by atoms with E-state index in [9.17, 15) is 19.8 Å². The molecule has 6 heteroatoms. The number of aliphatic hydroxyl groups excluding tert-OH is 2. The molecule has 3 unspecified atom stereocenters. The van der Waals surface area contributed by atoms with Gasteiger partial charge >= 0.3 is 5.97 Å². The molecule has 64 heavy (non-hydrogen) atoms. The van der Waals surface area contributed by atoms with Crippen molar-refractivity contribution >= 4 is 11.9 Å². The molecular formula is C58H109NO5. The van der Waals surface area contributed by atoms with Crippen LogP contribution in [0.3, 0.4) is 0 Å². The molecular weight excluding hydrogens is 791 g/mol. The van der Waals surface area contributed by atoms with Gasteiger partial charge in [0, 0.05) is 6.42 Å². The van der Waals surface area contributed by atoms with E-state index in [1.807, 2.05) is 0 Å². The number of allylic oxidation sites excluding steroid dienone is 6. The Kier molecular flexibility index (Phi) is 50.5. The molecule has 0 aliphatic rings. The van der Waals surface area contributed by atoms with Crippen molar-refractivity contribution in [3.8, 4) is 0 Å². The average Bonchev–Trinajstić information content (AvgIpc) is 3.29. The Bertz CT molecular complexity index is 1060. The zero-order valence-corrected chi connectivity index (χ0v) is 42.9. The third-order valence-electron chi connectivity index (χ3n) is 13.0. The molecule has 0 aromatic carbocycles. The molecule has 3 atom stereocenters. The molecule has 0 radical (unpaired) electrons. The lowest BCUT2D eigenvalue weighted by Crippen LogP contribution is -2.46. The van der Waals surface area contributed by atoms with Crippen molar-refractivity contribution in [2.24, 2.45) is 0 Å². The van der Waals surface area contributed by atoms with Gasteiger partial charge in [0.2, 0.25) is 5.91 Å². The molecule has 0 fully saturated rings. The summed E-state index contributed by atoms with van der Waals surface area (Å²) < 4.78 is 5.93. The molecule has 0 saturated heterocycles. The Balaban J connectivity index is 4.56. The number of esters is 1. The average molecular weight is 901 g/mol. The Morgan fingerprint density at radius 3 is 1.20 bits per heavy atom. The van der Waals surface area contributed by atoms with Crippen molar-refractivity contribution < 1.29 is 24.5 Å². The van der Waals surface area contributed by atoms with Crippen LogP contribution < -0.4 is 5.32 Å². The number of unbranched alkanes of at least 4 members (excludes halogenated alkanes) is 35. The lowest BCUT2D eigenvalue weighted by Gasteiger charge is -2.24. The van der Waals surface area contributed by atoms with E-state index in [2.05, 4.69) is 62.5 Å². The van der Waals surface area contributed by atoms with Crippen LogP contribution in [0.15, 0.2) is 36.5 Å². The number of hydrogen-bond donors (Lipinski definition) is 3. The Morgan fingerprint density at radius 2 is 0.797 bits per heavy atom. The Morgan fingerprint density at radius 1 is 0.453 bits per heavy atom. The van der Waals surface area contributed by atoms with E-state index < -0.39 is 18.2 Å². The van der Waals surface area contributed by atoms with Crippen molar-refractivity contribution in [2.75, 3.05) is 6.61 Å². The van der Waals surface area contributed by atoms with Crippen molar-refractivity contribution in [3.63, 3.8) is 0 Å². The second kappa shape index (κ2) is 52.1. The highest BCUT2D eigenvalue weighted by atomic mass is 16.5. The number of amides is 1. The minimum absolute atomic E-state index is 0.0590. The summed E-state index contributed by atoms with van der Waals surface area (Å²) in [6, 6.07) is -0.710. The predicted molar refractivity (Wildman–Crippen MR) is 278 cm³/mol. The van der Waals surface area contributed by atoms with E-state index in [1.165, 1.54) is 180 Å². The first-order valence-corrected chi connectivity index (χ1v) is 28.2. The molecule has 0 aliphatic carbocycles. The smallest absolute Gasteiger partial charge is 0.306 e. The molecule has 0 heterocycles. The fraction of sp³-hybridized carbons (Fsp3) is 0.862. The molecule has 3 N–H and O–H groups in total. The number of carbonyl (C=O) groups is 2. The standard InChI is InChI=1S/C58H109NO5/c1-4-7-10-13-16-19-22-25-27-29-31-33-35-38-41-44-47-50-56(61)55(53-60)59-57(62)52-54(64-58(63)51-48-45-42-39-36-24-21-18-15-12-9-6-3)49-46-43-40-37-34-32-30-28-26-23-20-17-14-11-8-5-2/h23,26,28,30,32,34,54-56,60-61H,4-22,24-25,27,29,31,33,35-53H2,1-3H3,(H,59,62)/b26-23+,30-28+,34-32+. The summed E-state index contributed by atoms with van der Waals surface area (Å²) >= 11 is 0. The number of rotatable bonds is 51. The summed E-state index contributed by atoms with van der Waals surface area (Å²) in [5.41, 5.74) is 0. The maximum absolute atomic E-state index is 13.2. The van der Waals surface area contributed by atoms with Gasteiger partial charge in [0.1, 0.15) is 6.10 Å². The first kappa shape index (κ1) is 62.1. The zero-order valence-electron chi connectivity index (χ0n) is 42.9. The lowest BCUT2D eigenvalue weighted by atomic mass is 10.0. The summed E-state index contributed by atoms with van der Waals surface area (Å²) in [5.74, 6) is -0.494. The van der Waals surface area contributed by atoms with Crippen LogP contribution in [0.25, 0.3) is 0 Å². The molecule has 6 nitrogen and oxygen atoms in total. The van der Waals surface area contributed by atoms with Gasteiger partial charge in [-0.3, -0.25) is 9.59 Å². The maximum atomic E-state index is 13.2. The molecule has 0 bridgehead atoms. The quantitative estimate of drug-likeness (QED) is 0.0321. The van der Waals surface area contributed by atoms with E-state index >= 15 is 0 Å². The van der Waals surface area contributed by atoms with Crippen molar-refractivity contribution in [2.45, 2.75) is 315 Å². The zero-order chi connectivity index (χ0) is 46.7. The van der Waals surface area contributed by atoms with Crippen LogP contribution in [0.4, 0.5) is 0 Å². The first-order valence-electron chi connectivity index (χ1n) is 28.2. The first-order chi connectivity index (χ1) is 31.5. The van der Waals surface area contributed by atoms with Crippen molar-refractivity contribution in [1.82, 2.24) is 5.32 Å². The van der Waals surface area contributed by atoms with Gasteiger partial charge in [-0.05, 0) is 51.4 Å². The third kappa shape index (κ3) is 46.6. The van der Waals surface area contributed by atoms with Crippen molar-refractivity contribution in [1.29, 1.82) is 0 Å². The number of hydrogen-bond acceptors (Lipinski definition) is 5. The van der Waals surface area contributed by atoms with Gasteiger partial charge in [0.25, 0.3) is 0 Å². The minimum atomic E-state index is -0.795. The lowest BCUT2D eigenvalue weighted by molar-refractivity contribution is -0.151. The Labute approximate surface area is 398 Å². The van der Waals surface area contributed by atoms with Gasteiger partial charge in [0.05, 0.1) is 25.2 Å². The molecule has 0 spiro atoms. The van der Waals surface area contributed by atoms with Crippen LogP contribution in [0.5, 0.6) is 0 Å². The summed E-state index contributed by atoms with van der Waals surface area (Å²) in [6.07, 6.45) is 62.1. The summed E-state index contributed by atoms with van der Waals surface area (Å²) in [5, 5.41) is 23.9. The molecule has 0 aromatic rings. The molecule has 0 saturated carbocycles. The second-order valence-corrected chi connectivity index (χ2v) is 19.4. The van der Waals surface area contributed by atoms with Gasteiger partial charge < -0.3 is 20.3 Å². The summed E-state index contributed by atoms with van der Waals surface area (Å²) in [6.45, 7) is 6.48. The van der Waals surface area contributed by atoms with Crippen LogP contribution in [-0.2, 0) is 14.3 Å². The van der Waals surface area contributed by atoms with Gasteiger partial charge in [-0.2, -0.15) is 0 Å². The highest BCUT2D eigenvalue weighted by Crippen LogP contribution is 2.18. The molecule has 0 rings (SSSR count). The molecule has 1 amide bonds. The van der Waals surface area contributed by atoms with Crippen LogP contribution in [0.2, 0.25) is 0 Å². The van der Waals surface area contributed by atoms with E-state index in [1.54, 1.807) is 0 Å². The minimum Gasteiger partial charge on any atom is -0.462 e. The fourth-order valence-electron chi connectivity index (χ4n) is 8.73. The second-order valence-electron chi connectivity index (χ2n) is 19.4. The number of nitrogens with one attached hydrogen (secondary N) is 1. The highest BCUT2D eigenvalue weighted by molar-refractivity contribution is 5.77. The van der Waals surface area contributed by atoms with Gasteiger partial charge in [-0.1, -0.05) is 269 Å². The number of carbonyl (C=O) groups excluding carboxylic acids is 2. The molecule has 0 aromatic heterocycles. The van der Waals surface area contributed by atoms with E-state index in [0.29, 0.717) is 19.3 Å². The topological polar surface area (TPSA) is 95.9 Å². The van der Waals surface area contributed by atoms with Gasteiger partial charge in [-0.25, -0.2) is 0 Å². The number of ether oxygens (including phenoxy) is 1.